The lowest BCUT2D eigenvalue weighted by Crippen LogP contribution is -2.49. The molecular weight excluding hydrogens is 599 g/mol. The topological polar surface area (TPSA) is 80.7 Å². The van der Waals surface area contributed by atoms with Gasteiger partial charge in [-0.1, -0.05) is 0 Å². The van der Waals surface area contributed by atoms with E-state index in [0.29, 0.717) is 29.2 Å². The average Bonchev–Trinajstić information content (AvgIpc) is 3.77. The molecule has 1 aliphatic carbocycles. The van der Waals surface area contributed by atoms with E-state index in [0.717, 1.165) is 18.4 Å². The van der Waals surface area contributed by atoms with E-state index < -0.39 is 53.5 Å². The summed E-state index contributed by atoms with van der Waals surface area (Å²) in [6, 6.07) is 2.03. The molecule has 2 saturated heterocycles. The molecule has 0 radical (unpaired) electrons. The minimum Gasteiger partial charge on any atom is -0.481 e. The van der Waals surface area contributed by atoms with Crippen molar-refractivity contribution in [3.05, 3.63) is 64.6 Å². The van der Waals surface area contributed by atoms with Crippen LogP contribution in [0.2, 0.25) is 0 Å². The maximum absolute atomic E-state index is 13.6. The number of benzene rings is 1. The smallest absolute Gasteiger partial charge is 0.416 e. The lowest BCUT2D eigenvalue weighted by Gasteiger charge is -2.34. The Morgan fingerprint density at radius 1 is 0.932 bits per heavy atom. The van der Waals surface area contributed by atoms with Crippen LogP contribution in [0.3, 0.4) is 0 Å². The van der Waals surface area contributed by atoms with Crippen molar-refractivity contribution < 1.29 is 45.0 Å². The summed E-state index contributed by atoms with van der Waals surface area (Å²) in [6.07, 6.45) is -8.35. The molecule has 3 aromatic rings. The number of carbonyl (C=O) groups excluding carboxylic acids is 1. The number of hydrogen-bond acceptors (Lipinski definition) is 7. The number of alkyl halides is 7. The number of rotatable bonds is 7. The standard InChI is InChI=1S/C29H26F7N5O3/c1-14-24(16-5-18(28(31,32)33)8-19(6-16)29(34,35)36)44-27(42)41(14)13-23-22(10-38-26(39-23)40-11-20(30)12-40)21-7-17(15-3-4-15)9-37-25(21)43-2/h5-10,14-15,20,24H,3-4,11-13H2,1-2H3. The molecule has 1 amide bonds. The molecule has 2 aliphatic heterocycles. The van der Waals surface area contributed by atoms with Crippen molar-refractivity contribution in [2.45, 2.75) is 62.9 Å². The predicted molar refractivity (Wildman–Crippen MR) is 142 cm³/mol. The second-order valence-electron chi connectivity index (χ2n) is 11.1. The Bertz CT molecular complexity index is 1560. The Labute approximate surface area is 246 Å². The summed E-state index contributed by atoms with van der Waals surface area (Å²) in [5, 5.41) is 0. The lowest BCUT2D eigenvalue weighted by molar-refractivity contribution is -0.143. The largest absolute Gasteiger partial charge is 0.481 e. The van der Waals surface area contributed by atoms with Gasteiger partial charge < -0.3 is 14.4 Å². The van der Waals surface area contributed by atoms with Gasteiger partial charge in [-0.25, -0.2) is 24.1 Å². The highest BCUT2D eigenvalue weighted by atomic mass is 19.4. The van der Waals surface area contributed by atoms with E-state index in [1.165, 1.54) is 25.1 Å². The molecule has 234 valence electrons. The third-order valence-electron chi connectivity index (χ3n) is 8.03. The van der Waals surface area contributed by atoms with Gasteiger partial charge in [0.15, 0.2) is 0 Å². The zero-order valence-corrected chi connectivity index (χ0v) is 23.4. The highest BCUT2D eigenvalue weighted by Crippen LogP contribution is 2.44. The zero-order valence-electron chi connectivity index (χ0n) is 23.4. The number of cyclic esters (lactones) is 1. The Kier molecular flexibility index (Phi) is 7.31. The number of carbonyl (C=O) groups is 1. The molecule has 3 fully saturated rings. The summed E-state index contributed by atoms with van der Waals surface area (Å²) in [4.78, 5) is 29.3. The first-order valence-electron chi connectivity index (χ1n) is 13.8. The van der Waals surface area contributed by atoms with Gasteiger partial charge in [-0.05, 0) is 61.1 Å². The van der Waals surface area contributed by atoms with Gasteiger partial charge in [0.2, 0.25) is 11.8 Å². The minimum absolute atomic E-state index is 0.0202. The first-order valence-corrected chi connectivity index (χ1v) is 13.8. The minimum atomic E-state index is -5.06. The van der Waals surface area contributed by atoms with Crippen molar-refractivity contribution in [3.63, 3.8) is 0 Å². The van der Waals surface area contributed by atoms with Gasteiger partial charge >= 0.3 is 18.4 Å². The molecule has 2 unspecified atom stereocenters. The normalized spacial score (nSPS) is 21.0. The molecule has 6 rings (SSSR count). The van der Waals surface area contributed by atoms with Gasteiger partial charge in [0.05, 0.1) is 49.6 Å². The summed E-state index contributed by atoms with van der Waals surface area (Å²) >= 11 is 0. The third kappa shape index (κ3) is 5.71. The molecule has 15 heteroatoms. The first kappa shape index (κ1) is 29.9. The number of aromatic nitrogens is 3. The number of hydrogen-bond donors (Lipinski definition) is 0. The number of halogens is 7. The molecule has 0 N–H and O–H groups in total. The summed E-state index contributed by atoms with van der Waals surface area (Å²) in [5.74, 6) is 0.799. The van der Waals surface area contributed by atoms with Crippen LogP contribution in [-0.2, 0) is 23.6 Å². The summed E-state index contributed by atoms with van der Waals surface area (Å²) in [5.41, 5.74) is -1.23. The molecular formula is C29H26F7N5O3. The molecule has 1 aromatic carbocycles. The van der Waals surface area contributed by atoms with Gasteiger partial charge in [0.1, 0.15) is 12.3 Å². The number of anilines is 1. The van der Waals surface area contributed by atoms with Crippen molar-refractivity contribution in [1.82, 2.24) is 19.9 Å². The van der Waals surface area contributed by atoms with E-state index in [2.05, 4.69) is 15.0 Å². The van der Waals surface area contributed by atoms with Crippen molar-refractivity contribution in [2.75, 3.05) is 25.1 Å². The third-order valence-corrected chi connectivity index (χ3v) is 8.03. The monoisotopic (exact) mass is 625 g/mol. The van der Waals surface area contributed by atoms with Crippen LogP contribution in [0.25, 0.3) is 11.1 Å². The molecule has 2 atom stereocenters. The van der Waals surface area contributed by atoms with E-state index in [1.807, 2.05) is 6.07 Å². The van der Waals surface area contributed by atoms with Crippen LogP contribution in [-0.4, -0.2) is 58.4 Å². The van der Waals surface area contributed by atoms with Crippen LogP contribution in [0.4, 0.5) is 41.5 Å². The lowest BCUT2D eigenvalue weighted by atomic mass is 9.97. The summed E-state index contributed by atoms with van der Waals surface area (Å²) in [7, 11) is 1.44. The number of nitrogens with zero attached hydrogens (tertiary/aromatic N) is 5. The molecule has 8 nitrogen and oxygen atoms in total. The van der Waals surface area contributed by atoms with Gasteiger partial charge in [-0.15, -0.1) is 0 Å². The fraction of sp³-hybridized carbons (Fsp3) is 0.448. The Balaban J connectivity index is 1.37. The van der Waals surface area contributed by atoms with Gasteiger partial charge in [-0.3, -0.25) is 4.90 Å². The molecule has 0 spiro atoms. The van der Waals surface area contributed by atoms with Crippen LogP contribution >= 0.6 is 0 Å². The molecule has 4 heterocycles. The number of amides is 1. The van der Waals surface area contributed by atoms with E-state index >= 15 is 0 Å². The molecule has 0 bridgehead atoms. The fourth-order valence-corrected chi connectivity index (χ4v) is 5.42. The highest BCUT2D eigenvalue weighted by Gasteiger charge is 2.44. The number of ether oxygens (including phenoxy) is 2. The summed E-state index contributed by atoms with van der Waals surface area (Å²) < 4.78 is 106. The first-order chi connectivity index (χ1) is 20.7. The van der Waals surface area contributed by atoms with Crippen LogP contribution in [0.5, 0.6) is 5.88 Å². The molecule has 2 aromatic heterocycles. The van der Waals surface area contributed by atoms with Crippen LogP contribution in [0, 0.1) is 0 Å². The van der Waals surface area contributed by atoms with E-state index in [9.17, 15) is 35.5 Å². The van der Waals surface area contributed by atoms with E-state index in [4.69, 9.17) is 9.47 Å². The second-order valence-corrected chi connectivity index (χ2v) is 11.1. The SMILES string of the molecule is COc1ncc(C2CC2)cc1-c1cnc(N2CC(F)C2)nc1CN1C(=O)OC(c2cc(C(F)(F)F)cc(C(F)(F)F)c2)C1C. The maximum atomic E-state index is 13.6. The van der Waals surface area contributed by atoms with Crippen molar-refractivity contribution >= 4 is 12.0 Å². The summed E-state index contributed by atoms with van der Waals surface area (Å²) in [6.45, 7) is 1.37. The van der Waals surface area contributed by atoms with Gasteiger partial charge in [0, 0.05) is 23.5 Å². The average molecular weight is 626 g/mol. The Morgan fingerprint density at radius 2 is 1.59 bits per heavy atom. The predicted octanol–water partition coefficient (Wildman–Crippen LogP) is 6.70. The zero-order chi connectivity index (χ0) is 31.6. The van der Waals surface area contributed by atoms with Crippen LogP contribution < -0.4 is 9.64 Å². The maximum Gasteiger partial charge on any atom is 0.416 e. The second kappa shape index (κ2) is 10.8. The highest BCUT2D eigenvalue weighted by molar-refractivity contribution is 5.74. The Morgan fingerprint density at radius 3 is 2.16 bits per heavy atom. The number of methoxy groups -OCH3 is 1. The van der Waals surface area contributed by atoms with Gasteiger partial charge in [0.25, 0.3) is 0 Å². The van der Waals surface area contributed by atoms with E-state index in [-0.39, 0.29) is 43.2 Å². The molecule has 44 heavy (non-hydrogen) atoms. The van der Waals surface area contributed by atoms with Crippen LogP contribution in [0.1, 0.15) is 59.7 Å². The Hall–Kier alpha value is -4.17. The van der Waals surface area contributed by atoms with Gasteiger partial charge in [-0.2, -0.15) is 26.3 Å². The van der Waals surface area contributed by atoms with Crippen molar-refractivity contribution in [3.8, 4) is 17.0 Å². The van der Waals surface area contributed by atoms with Crippen molar-refractivity contribution in [1.29, 1.82) is 0 Å². The molecule has 3 aliphatic rings. The molecule has 1 saturated carbocycles. The van der Waals surface area contributed by atoms with Crippen LogP contribution in [0.15, 0.2) is 36.7 Å². The fourth-order valence-electron chi connectivity index (χ4n) is 5.42. The van der Waals surface area contributed by atoms with E-state index in [1.54, 1.807) is 11.1 Å². The quantitative estimate of drug-likeness (QED) is 0.270. The number of pyridine rings is 1. The van der Waals surface area contributed by atoms with Crippen molar-refractivity contribution in [2.24, 2.45) is 0 Å².